The van der Waals surface area contributed by atoms with Crippen LogP contribution in [0.4, 0.5) is 0 Å². The summed E-state index contributed by atoms with van der Waals surface area (Å²) in [5, 5.41) is 0. The van der Waals surface area contributed by atoms with Crippen molar-refractivity contribution in [2.45, 2.75) is 24.8 Å². The van der Waals surface area contributed by atoms with E-state index < -0.39 is 5.54 Å². The first-order valence-corrected chi connectivity index (χ1v) is 6.73. The van der Waals surface area contributed by atoms with Crippen LogP contribution in [0.3, 0.4) is 0 Å². The highest BCUT2D eigenvalue weighted by atomic mass is 79.9. The van der Waals surface area contributed by atoms with Gasteiger partial charge in [-0.2, -0.15) is 4.99 Å². The fraction of sp³-hybridized carbons (Fsp3) is 0.462. The standard InChI is InChI=1S/C13H12BrNO3/c14-10-7-12-11(17-4-1-5-18-12)6-9(10)13(2-3-13)15-8-16/h6-7H,1-5H2. The van der Waals surface area contributed by atoms with Gasteiger partial charge in [-0.1, -0.05) is 15.9 Å². The van der Waals surface area contributed by atoms with Gasteiger partial charge in [0.15, 0.2) is 11.5 Å². The molecule has 0 spiro atoms. The molecule has 1 heterocycles. The van der Waals surface area contributed by atoms with Crippen LogP contribution in [0.2, 0.25) is 0 Å². The molecule has 0 bridgehead atoms. The number of benzene rings is 1. The molecule has 1 aromatic rings. The fourth-order valence-electron chi connectivity index (χ4n) is 2.19. The van der Waals surface area contributed by atoms with E-state index in [0.717, 1.165) is 40.8 Å². The molecule has 1 aromatic carbocycles. The number of ether oxygens (including phenoxy) is 2. The molecular formula is C13H12BrNO3. The topological polar surface area (TPSA) is 47.9 Å². The summed E-state index contributed by atoms with van der Waals surface area (Å²) in [4.78, 5) is 14.5. The molecule has 1 aliphatic heterocycles. The average Bonchev–Trinajstić information content (AvgIpc) is 3.13. The molecule has 0 N–H and O–H groups in total. The number of hydrogen-bond acceptors (Lipinski definition) is 4. The van der Waals surface area contributed by atoms with Gasteiger partial charge in [0.2, 0.25) is 6.08 Å². The van der Waals surface area contributed by atoms with Crippen molar-refractivity contribution in [2.75, 3.05) is 13.2 Å². The van der Waals surface area contributed by atoms with Crippen molar-refractivity contribution < 1.29 is 14.3 Å². The predicted octanol–water partition coefficient (Wildman–Crippen LogP) is 2.94. The summed E-state index contributed by atoms with van der Waals surface area (Å²) < 4.78 is 12.2. The van der Waals surface area contributed by atoms with Crippen molar-refractivity contribution in [1.82, 2.24) is 0 Å². The van der Waals surface area contributed by atoms with Crippen LogP contribution in [0, 0.1) is 0 Å². The summed E-state index contributed by atoms with van der Waals surface area (Å²) in [6.45, 7) is 1.31. The number of hydrogen-bond donors (Lipinski definition) is 0. The summed E-state index contributed by atoms with van der Waals surface area (Å²) in [5.74, 6) is 1.48. The molecule has 0 amide bonds. The van der Waals surface area contributed by atoms with Crippen LogP contribution < -0.4 is 9.47 Å². The van der Waals surface area contributed by atoms with Crippen molar-refractivity contribution in [2.24, 2.45) is 4.99 Å². The smallest absolute Gasteiger partial charge is 0.235 e. The van der Waals surface area contributed by atoms with Crippen LogP contribution in [0.25, 0.3) is 0 Å². The summed E-state index contributed by atoms with van der Waals surface area (Å²) in [6.07, 6.45) is 4.30. The third-order valence-electron chi connectivity index (χ3n) is 3.32. The second kappa shape index (κ2) is 4.41. The van der Waals surface area contributed by atoms with Crippen LogP contribution in [0.5, 0.6) is 11.5 Å². The Kier molecular flexibility index (Phi) is 2.88. The Labute approximate surface area is 113 Å². The molecule has 0 aromatic heterocycles. The zero-order valence-corrected chi connectivity index (χ0v) is 11.3. The number of nitrogens with zero attached hydrogens (tertiary/aromatic N) is 1. The van der Waals surface area contributed by atoms with Crippen molar-refractivity contribution in [3.8, 4) is 11.5 Å². The van der Waals surface area contributed by atoms with E-state index in [0.29, 0.717) is 13.2 Å². The number of rotatable bonds is 2. The highest BCUT2D eigenvalue weighted by Crippen LogP contribution is 2.53. The van der Waals surface area contributed by atoms with E-state index in [9.17, 15) is 4.79 Å². The lowest BCUT2D eigenvalue weighted by molar-refractivity contribution is 0.297. The zero-order chi connectivity index (χ0) is 12.6. The first-order chi connectivity index (χ1) is 8.75. The molecule has 1 fully saturated rings. The molecule has 1 saturated carbocycles. The average molecular weight is 310 g/mol. The number of halogens is 1. The first kappa shape index (κ1) is 11.8. The quantitative estimate of drug-likeness (QED) is 0.623. The Hall–Kier alpha value is -1.32. The van der Waals surface area contributed by atoms with Gasteiger partial charge in [-0.05, 0) is 30.5 Å². The molecule has 0 unspecified atom stereocenters. The number of fused-ring (bicyclic) bond motifs is 1. The lowest BCUT2D eigenvalue weighted by atomic mass is 10.0. The van der Waals surface area contributed by atoms with E-state index in [-0.39, 0.29) is 0 Å². The van der Waals surface area contributed by atoms with Crippen LogP contribution in [-0.2, 0) is 10.3 Å². The monoisotopic (exact) mass is 309 g/mol. The van der Waals surface area contributed by atoms with Crippen LogP contribution in [-0.4, -0.2) is 19.3 Å². The molecular weight excluding hydrogens is 298 g/mol. The molecule has 94 valence electrons. The maximum atomic E-state index is 10.5. The SMILES string of the molecule is O=C=NC1(c2cc3c(cc2Br)OCCCO3)CC1. The number of carbonyl (C=O) groups excluding carboxylic acids is 1. The van der Waals surface area contributed by atoms with E-state index in [1.165, 1.54) is 0 Å². The maximum absolute atomic E-state index is 10.5. The zero-order valence-electron chi connectivity index (χ0n) is 9.74. The molecule has 0 saturated heterocycles. The minimum atomic E-state index is -0.398. The van der Waals surface area contributed by atoms with Crippen molar-refractivity contribution in [3.05, 3.63) is 22.2 Å². The number of aliphatic imine (C=N–C) groups is 1. The summed E-state index contributed by atoms with van der Waals surface area (Å²) >= 11 is 3.52. The third-order valence-corrected chi connectivity index (χ3v) is 3.98. The molecule has 3 rings (SSSR count). The molecule has 0 radical (unpaired) electrons. The summed E-state index contributed by atoms with van der Waals surface area (Å²) in [6, 6.07) is 3.83. The number of isocyanates is 1. The van der Waals surface area contributed by atoms with Gasteiger partial charge < -0.3 is 9.47 Å². The Morgan fingerprint density at radius 1 is 1.22 bits per heavy atom. The highest BCUT2D eigenvalue weighted by Gasteiger charge is 2.46. The summed E-state index contributed by atoms with van der Waals surface area (Å²) in [5.41, 5.74) is 0.584. The van der Waals surface area contributed by atoms with Gasteiger partial charge in [0.05, 0.1) is 18.8 Å². The lowest BCUT2D eigenvalue weighted by Gasteiger charge is -2.15. The molecule has 4 nitrogen and oxygen atoms in total. The van der Waals surface area contributed by atoms with E-state index in [2.05, 4.69) is 20.9 Å². The molecule has 2 aliphatic rings. The van der Waals surface area contributed by atoms with Gasteiger partial charge in [-0.25, -0.2) is 4.79 Å². The normalized spacial score (nSPS) is 19.6. The predicted molar refractivity (Wildman–Crippen MR) is 68.8 cm³/mol. The Morgan fingerprint density at radius 3 is 2.50 bits per heavy atom. The summed E-state index contributed by atoms with van der Waals surface area (Å²) in [7, 11) is 0. The minimum Gasteiger partial charge on any atom is -0.490 e. The van der Waals surface area contributed by atoms with Gasteiger partial charge in [0.25, 0.3) is 0 Å². The second-order valence-corrected chi connectivity index (χ2v) is 5.42. The van der Waals surface area contributed by atoms with E-state index in [1.807, 2.05) is 12.1 Å². The van der Waals surface area contributed by atoms with Gasteiger partial charge in [-0.15, -0.1) is 0 Å². The van der Waals surface area contributed by atoms with Gasteiger partial charge in [0.1, 0.15) is 0 Å². The fourth-order valence-corrected chi connectivity index (χ4v) is 2.88. The van der Waals surface area contributed by atoms with E-state index >= 15 is 0 Å². The third kappa shape index (κ3) is 1.93. The van der Waals surface area contributed by atoms with E-state index in [1.54, 1.807) is 6.08 Å². The minimum absolute atomic E-state index is 0.398. The molecule has 1 aliphatic carbocycles. The second-order valence-electron chi connectivity index (χ2n) is 4.56. The van der Waals surface area contributed by atoms with Crippen LogP contribution in [0.15, 0.2) is 21.6 Å². The maximum Gasteiger partial charge on any atom is 0.235 e. The first-order valence-electron chi connectivity index (χ1n) is 5.94. The van der Waals surface area contributed by atoms with Crippen molar-refractivity contribution in [3.63, 3.8) is 0 Å². The van der Waals surface area contributed by atoms with Crippen LogP contribution >= 0.6 is 15.9 Å². The highest BCUT2D eigenvalue weighted by molar-refractivity contribution is 9.10. The van der Waals surface area contributed by atoms with Gasteiger partial charge in [-0.3, -0.25) is 0 Å². The van der Waals surface area contributed by atoms with Gasteiger partial charge >= 0.3 is 0 Å². The lowest BCUT2D eigenvalue weighted by Crippen LogP contribution is -2.05. The van der Waals surface area contributed by atoms with Crippen molar-refractivity contribution in [1.29, 1.82) is 0 Å². The Balaban J connectivity index is 2.06. The largest absolute Gasteiger partial charge is 0.490 e. The van der Waals surface area contributed by atoms with Crippen LogP contribution in [0.1, 0.15) is 24.8 Å². The van der Waals surface area contributed by atoms with Crippen molar-refractivity contribution >= 4 is 22.0 Å². The molecule has 5 heteroatoms. The van der Waals surface area contributed by atoms with E-state index in [4.69, 9.17) is 9.47 Å². The molecule has 18 heavy (non-hydrogen) atoms. The molecule has 0 atom stereocenters. The van der Waals surface area contributed by atoms with Gasteiger partial charge in [0, 0.05) is 10.9 Å². The Morgan fingerprint density at radius 2 is 1.89 bits per heavy atom. The Bertz CT molecular complexity index is 533.